The summed E-state index contributed by atoms with van der Waals surface area (Å²) in [6.07, 6.45) is 6.54. The molecule has 0 aliphatic carbocycles. The maximum atomic E-state index is 10.3. The number of aliphatic hydroxyl groups excluding tert-OH is 1. The highest BCUT2D eigenvalue weighted by Crippen LogP contribution is 2.20. The van der Waals surface area contributed by atoms with Gasteiger partial charge in [0, 0.05) is 30.7 Å². The maximum absolute atomic E-state index is 10.3. The zero-order valence-corrected chi connectivity index (χ0v) is 10.1. The van der Waals surface area contributed by atoms with Gasteiger partial charge in [-0.1, -0.05) is 6.07 Å². The molecule has 0 aliphatic rings. The summed E-state index contributed by atoms with van der Waals surface area (Å²) >= 11 is 0. The smallest absolute Gasteiger partial charge is 0.137 e. The second-order valence-electron chi connectivity index (χ2n) is 4.16. The summed E-state index contributed by atoms with van der Waals surface area (Å²) in [4.78, 5) is 4.40. The standard InChI is InChI=1S/C13H14N4O/c1-2-17-8-10(7-14-17)13(18)11-9-16-6-4-3-5-12(16)15-11/h3-9,13,18H,2H2,1H3. The highest BCUT2D eigenvalue weighted by Gasteiger charge is 2.15. The molecule has 0 spiro atoms. The third-order valence-corrected chi connectivity index (χ3v) is 2.96. The monoisotopic (exact) mass is 242 g/mol. The summed E-state index contributed by atoms with van der Waals surface area (Å²) < 4.78 is 3.68. The highest BCUT2D eigenvalue weighted by atomic mass is 16.3. The van der Waals surface area contributed by atoms with Gasteiger partial charge < -0.3 is 9.51 Å². The van der Waals surface area contributed by atoms with E-state index in [2.05, 4.69) is 10.1 Å². The number of aryl methyl sites for hydroxylation is 1. The first-order valence-corrected chi connectivity index (χ1v) is 5.92. The average molecular weight is 242 g/mol. The molecule has 5 heteroatoms. The number of fused-ring (bicyclic) bond motifs is 1. The fourth-order valence-electron chi connectivity index (χ4n) is 1.95. The van der Waals surface area contributed by atoms with Crippen LogP contribution < -0.4 is 0 Å². The first-order valence-electron chi connectivity index (χ1n) is 5.92. The Kier molecular flexibility index (Phi) is 2.60. The van der Waals surface area contributed by atoms with E-state index in [1.165, 1.54) is 0 Å². The summed E-state index contributed by atoms with van der Waals surface area (Å²) in [6.45, 7) is 2.80. The van der Waals surface area contributed by atoms with Crippen molar-refractivity contribution in [2.75, 3.05) is 0 Å². The van der Waals surface area contributed by atoms with Crippen LogP contribution in [0.5, 0.6) is 0 Å². The van der Waals surface area contributed by atoms with Gasteiger partial charge in [-0.25, -0.2) is 4.98 Å². The number of imidazole rings is 1. The van der Waals surface area contributed by atoms with Gasteiger partial charge in [-0.3, -0.25) is 4.68 Å². The molecule has 3 heterocycles. The second kappa shape index (κ2) is 4.27. The largest absolute Gasteiger partial charge is 0.382 e. The Balaban J connectivity index is 1.98. The number of nitrogens with zero attached hydrogens (tertiary/aromatic N) is 4. The zero-order valence-electron chi connectivity index (χ0n) is 10.1. The molecule has 0 saturated heterocycles. The molecular formula is C13H14N4O. The summed E-state index contributed by atoms with van der Waals surface area (Å²) in [5.41, 5.74) is 2.23. The highest BCUT2D eigenvalue weighted by molar-refractivity contribution is 5.40. The normalized spacial score (nSPS) is 13.0. The summed E-state index contributed by atoms with van der Waals surface area (Å²) in [6, 6.07) is 5.76. The lowest BCUT2D eigenvalue weighted by atomic mass is 10.1. The second-order valence-corrected chi connectivity index (χ2v) is 4.16. The van der Waals surface area contributed by atoms with Crippen LogP contribution in [0.4, 0.5) is 0 Å². The van der Waals surface area contributed by atoms with Gasteiger partial charge >= 0.3 is 0 Å². The fourth-order valence-corrected chi connectivity index (χ4v) is 1.95. The molecule has 18 heavy (non-hydrogen) atoms. The van der Waals surface area contributed by atoms with E-state index in [1.54, 1.807) is 10.9 Å². The predicted octanol–water partition coefficient (Wildman–Crippen LogP) is 1.63. The summed E-state index contributed by atoms with van der Waals surface area (Å²) in [5, 5.41) is 14.4. The average Bonchev–Trinajstić information content (AvgIpc) is 3.04. The SMILES string of the molecule is CCn1cc(C(O)c2cn3ccccc3n2)cn1. The van der Waals surface area contributed by atoms with Crippen LogP contribution in [0.3, 0.4) is 0 Å². The number of aliphatic hydroxyl groups is 1. The van der Waals surface area contributed by atoms with Crippen LogP contribution in [-0.4, -0.2) is 24.3 Å². The minimum absolute atomic E-state index is 0.636. The predicted molar refractivity (Wildman–Crippen MR) is 67.2 cm³/mol. The van der Waals surface area contributed by atoms with Crippen molar-refractivity contribution >= 4 is 5.65 Å². The van der Waals surface area contributed by atoms with Crippen molar-refractivity contribution in [3.8, 4) is 0 Å². The van der Waals surface area contributed by atoms with Gasteiger partial charge in [0.25, 0.3) is 0 Å². The molecular weight excluding hydrogens is 228 g/mol. The Labute approximate surface area is 104 Å². The van der Waals surface area contributed by atoms with Crippen LogP contribution >= 0.6 is 0 Å². The van der Waals surface area contributed by atoms with E-state index in [0.717, 1.165) is 17.8 Å². The minimum atomic E-state index is -0.731. The van der Waals surface area contributed by atoms with Gasteiger partial charge in [-0.15, -0.1) is 0 Å². The van der Waals surface area contributed by atoms with Crippen molar-refractivity contribution in [3.05, 3.63) is 54.2 Å². The molecule has 0 aliphatic heterocycles. The molecule has 3 aromatic heterocycles. The van der Waals surface area contributed by atoms with Gasteiger partial charge in [0.2, 0.25) is 0 Å². The summed E-state index contributed by atoms with van der Waals surface area (Å²) in [7, 11) is 0. The molecule has 0 fully saturated rings. The minimum Gasteiger partial charge on any atom is -0.382 e. The van der Waals surface area contributed by atoms with Gasteiger partial charge in [0.05, 0.1) is 11.9 Å². The lowest BCUT2D eigenvalue weighted by Crippen LogP contribution is -1.99. The van der Waals surface area contributed by atoms with Crippen molar-refractivity contribution in [2.24, 2.45) is 0 Å². The van der Waals surface area contributed by atoms with Crippen LogP contribution in [0.1, 0.15) is 24.3 Å². The van der Waals surface area contributed by atoms with Crippen LogP contribution in [0, 0.1) is 0 Å². The molecule has 5 nitrogen and oxygen atoms in total. The van der Waals surface area contributed by atoms with E-state index in [1.807, 2.05) is 48.1 Å². The third-order valence-electron chi connectivity index (χ3n) is 2.96. The molecule has 0 aromatic carbocycles. The molecule has 0 saturated carbocycles. The molecule has 3 rings (SSSR count). The maximum Gasteiger partial charge on any atom is 0.137 e. The van der Waals surface area contributed by atoms with Crippen molar-refractivity contribution in [2.45, 2.75) is 19.6 Å². The van der Waals surface area contributed by atoms with Gasteiger partial charge in [-0.05, 0) is 19.1 Å². The first-order chi connectivity index (χ1) is 8.78. The van der Waals surface area contributed by atoms with Crippen molar-refractivity contribution < 1.29 is 5.11 Å². The van der Waals surface area contributed by atoms with E-state index in [4.69, 9.17) is 0 Å². The number of rotatable bonds is 3. The van der Waals surface area contributed by atoms with Crippen LogP contribution in [0.2, 0.25) is 0 Å². The molecule has 3 aromatic rings. The number of hydrogen-bond acceptors (Lipinski definition) is 3. The first kappa shape index (κ1) is 11.0. The molecule has 1 atom stereocenters. The third kappa shape index (κ3) is 1.78. The number of pyridine rings is 1. The Bertz CT molecular complexity index is 637. The number of aromatic nitrogens is 4. The van der Waals surface area contributed by atoms with Crippen molar-refractivity contribution in [1.29, 1.82) is 0 Å². The van der Waals surface area contributed by atoms with Gasteiger partial charge in [-0.2, -0.15) is 5.10 Å². The Hall–Kier alpha value is -2.14. The lowest BCUT2D eigenvalue weighted by Gasteiger charge is -2.03. The fraction of sp³-hybridized carbons (Fsp3) is 0.231. The zero-order chi connectivity index (χ0) is 12.5. The Morgan fingerprint density at radius 1 is 1.33 bits per heavy atom. The molecule has 0 amide bonds. The summed E-state index contributed by atoms with van der Waals surface area (Å²) in [5.74, 6) is 0. The lowest BCUT2D eigenvalue weighted by molar-refractivity contribution is 0.216. The van der Waals surface area contributed by atoms with E-state index in [0.29, 0.717) is 5.69 Å². The van der Waals surface area contributed by atoms with E-state index in [-0.39, 0.29) is 0 Å². The topological polar surface area (TPSA) is 55.4 Å². The van der Waals surface area contributed by atoms with Gasteiger partial charge in [0.1, 0.15) is 11.8 Å². The molecule has 1 N–H and O–H groups in total. The van der Waals surface area contributed by atoms with Crippen molar-refractivity contribution in [3.63, 3.8) is 0 Å². The molecule has 1 unspecified atom stereocenters. The van der Waals surface area contributed by atoms with Crippen molar-refractivity contribution in [1.82, 2.24) is 19.2 Å². The van der Waals surface area contributed by atoms with E-state index in [9.17, 15) is 5.11 Å². The molecule has 92 valence electrons. The number of hydrogen-bond donors (Lipinski definition) is 1. The van der Waals surface area contributed by atoms with E-state index >= 15 is 0 Å². The van der Waals surface area contributed by atoms with Gasteiger partial charge in [0.15, 0.2) is 0 Å². The molecule has 0 bridgehead atoms. The Morgan fingerprint density at radius 3 is 2.94 bits per heavy atom. The Morgan fingerprint density at radius 2 is 2.22 bits per heavy atom. The van der Waals surface area contributed by atoms with Crippen LogP contribution in [0.25, 0.3) is 5.65 Å². The van der Waals surface area contributed by atoms with Crippen LogP contribution in [-0.2, 0) is 6.54 Å². The molecule has 0 radical (unpaired) electrons. The van der Waals surface area contributed by atoms with E-state index < -0.39 is 6.10 Å². The van der Waals surface area contributed by atoms with Crippen LogP contribution in [0.15, 0.2) is 43.0 Å². The quantitative estimate of drug-likeness (QED) is 0.759.